The zero-order valence-corrected chi connectivity index (χ0v) is 31.0. The molecule has 0 saturated heterocycles. The van der Waals surface area contributed by atoms with E-state index in [0.29, 0.717) is 12.8 Å². The van der Waals surface area contributed by atoms with E-state index in [-0.39, 0.29) is 12.5 Å². The Morgan fingerprint density at radius 1 is 0.522 bits per heavy atom. The highest BCUT2D eigenvalue weighted by molar-refractivity contribution is 5.76. The van der Waals surface area contributed by atoms with Gasteiger partial charge in [0, 0.05) is 6.42 Å². The fourth-order valence-corrected chi connectivity index (χ4v) is 6.40. The second kappa shape index (κ2) is 36.9. The van der Waals surface area contributed by atoms with Crippen molar-refractivity contribution in [1.82, 2.24) is 5.32 Å². The molecular weight excluding hydrogens is 570 g/mol. The minimum atomic E-state index is -1.15. The standard InChI is InChI=1S/C41H81NO4/c1-3-5-7-9-11-13-15-16-17-18-19-20-21-22-23-24-26-27-29-31-33-35-39(44)41(46)38(37-43)42-40(45)36-34-32-30-28-25-14-12-10-8-6-4-2/h27,29,38-39,41,43-44,46H,3-26,28,30-37H2,1-2H3,(H,42,45)/b29-27+. The number of allylic oxidation sites excluding steroid dienone is 2. The summed E-state index contributed by atoms with van der Waals surface area (Å²) in [5, 5.41) is 33.4. The number of aliphatic hydroxyl groups is 3. The second-order valence-electron chi connectivity index (χ2n) is 14.2. The van der Waals surface area contributed by atoms with Gasteiger partial charge in [0.05, 0.1) is 18.8 Å². The molecule has 0 saturated carbocycles. The number of carbonyl (C=O) groups is 1. The molecule has 46 heavy (non-hydrogen) atoms. The van der Waals surface area contributed by atoms with Crippen LogP contribution in [-0.2, 0) is 4.79 Å². The van der Waals surface area contributed by atoms with E-state index in [9.17, 15) is 20.1 Å². The SMILES string of the molecule is CCCCCCCCCCCCCCCCCC/C=C/CCCC(O)C(O)C(CO)NC(=O)CCCCCCCCCCCCC. The van der Waals surface area contributed by atoms with Gasteiger partial charge in [-0.1, -0.05) is 187 Å². The number of hydrogen-bond acceptors (Lipinski definition) is 4. The number of aliphatic hydroxyl groups excluding tert-OH is 3. The Balaban J connectivity index is 3.64. The molecule has 4 N–H and O–H groups in total. The normalized spacial score (nSPS) is 13.8. The molecule has 5 heteroatoms. The van der Waals surface area contributed by atoms with Gasteiger partial charge in [-0.3, -0.25) is 4.79 Å². The van der Waals surface area contributed by atoms with Crippen LogP contribution in [0.5, 0.6) is 0 Å². The molecule has 0 aliphatic rings. The van der Waals surface area contributed by atoms with E-state index in [1.807, 2.05) is 0 Å². The lowest BCUT2D eigenvalue weighted by atomic mass is 10.0. The highest BCUT2D eigenvalue weighted by atomic mass is 16.3. The quantitative estimate of drug-likeness (QED) is 0.0397. The molecule has 0 bridgehead atoms. The maximum Gasteiger partial charge on any atom is 0.220 e. The van der Waals surface area contributed by atoms with Crippen LogP contribution in [0.15, 0.2) is 12.2 Å². The maximum absolute atomic E-state index is 12.3. The first-order valence-corrected chi connectivity index (χ1v) is 20.5. The highest BCUT2D eigenvalue weighted by Gasteiger charge is 2.26. The number of carbonyl (C=O) groups excluding carboxylic acids is 1. The van der Waals surface area contributed by atoms with E-state index >= 15 is 0 Å². The average Bonchev–Trinajstić information content (AvgIpc) is 3.06. The predicted molar refractivity (Wildman–Crippen MR) is 199 cm³/mol. The van der Waals surface area contributed by atoms with Crippen molar-refractivity contribution in [1.29, 1.82) is 0 Å². The van der Waals surface area contributed by atoms with Gasteiger partial charge < -0.3 is 20.6 Å². The smallest absolute Gasteiger partial charge is 0.220 e. The van der Waals surface area contributed by atoms with Gasteiger partial charge in [-0.2, -0.15) is 0 Å². The highest BCUT2D eigenvalue weighted by Crippen LogP contribution is 2.15. The van der Waals surface area contributed by atoms with Crippen LogP contribution >= 0.6 is 0 Å². The summed E-state index contributed by atoms with van der Waals surface area (Å²) in [7, 11) is 0. The van der Waals surface area contributed by atoms with Crippen LogP contribution in [0.3, 0.4) is 0 Å². The summed E-state index contributed by atoms with van der Waals surface area (Å²) in [6, 6.07) is -0.819. The number of nitrogens with one attached hydrogen (secondary N) is 1. The monoisotopic (exact) mass is 652 g/mol. The molecule has 3 unspecified atom stereocenters. The Morgan fingerprint density at radius 2 is 0.870 bits per heavy atom. The lowest BCUT2D eigenvalue weighted by molar-refractivity contribution is -0.124. The number of amides is 1. The summed E-state index contributed by atoms with van der Waals surface area (Å²) >= 11 is 0. The van der Waals surface area contributed by atoms with E-state index in [0.717, 1.165) is 38.5 Å². The van der Waals surface area contributed by atoms with Crippen LogP contribution in [0.1, 0.15) is 219 Å². The van der Waals surface area contributed by atoms with Gasteiger partial charge in [-0.25, -0.2) is 0 Å². The topological polar surface area (TPSA) is 89.8 Å². The van der Waals surface area contributed by atoms with E-state index in [4.69, 9.17) is 0 Å². The van der Waals surface area contributed by atoms with Gasteiger partial charge in [0.2, 0.25) is 5.91 Å². The zero-order chi connectivity index (χ0) is 33.8. The molecular formula is C41H81NO4. The summed E-state index contributed by atoms with van der Waals surface area (Å²) < 4.78 is 0. The predicted octanol–water partition coefficient (Wildman–Crippen LogP) is 11.3. The van der Waals surface area contributed by atoms with Gasteiger partial charge in [0.25, 0.3) is 0 Å². The summed E-state index contributed by atoms with van der Waals surface area (Å²) in [5.74, 6) is -0.154. The Hall–Kier alpha value is -0.910. The first-order chi connectivity index (χ1) is 22.6. The third kappa shape index (κ3) is 31.7. The minimum Gasteiger partial charge on any atom is -0.394 e. The van der Waals surface area contributed by atoms with Crippen molar-refractivity contribution in [2.24, 2.45) is 0 Å². The van der Waals surface area contributed by atoms with Crippen LogP contribution in [0.2, 0.25) is 0 Å². The van der Waals surface area contributed by atoms with Gasteiger partial charge in [0.1, 0.15) is 6.10 Å². The summed E-state index contributed by atoms with van der Waals surface area (Å²) in [6.07, 6.45) is 41.8. The Morgan fingerprint density at radius 3 is 1.26 bits per heavy atom. The van der Waals surface area contributed by atoms with Crippen LogP contribution in [-0.4, -0.2) is 46.1 Å². The lowest BCUT2D eigenvalue weighted by Gasteiger charge is -2.26. The molecule has 0 spiro atoms. The molecule has 0 aromatic rings. The lowest BCUT2D eigenvalue weighted by Crippen LogP contribution is -2.50. The first-order valence-electron chi connectivity index (χ1n) is 20.5. The van der Waals surface area contributed by atoms with Crippen molar-refractivity contribution >= 4 is 5.91 Å². The van der Waals surface area contributed by atoms with Gasteiger partial charge in [0.15, 0.2) is 0 Å². The van der Waals surface area contributed by atoms with Crippen molar-refractivity contribution in [3.8, 4) is 0 Å². The molecule has 3 atom stereocenters. The van der Waals surface area contributed by atoms with Gasteiger partial charge in [-0.15, -0.1) is 0 Å². The van der Waals surface area contributed by atoms with Crippen molar-refractivity contribution < 1.29 is 20.1 Å². The Labute approximate surface area is 287 Å². The van der Waals surface area contributed by atoms with Gasteiger partial charge >= 0.3 is 0 Å². The molecule has 0 heterocycles. The van der Waals surface area contributed by atoms with Crippen LogP contribution in [0.4, 0.5) is 0 Å². The fraction of sp³-hybridized carbons (Fsp3) is 0.927. The molecule has 0 fully saturated rings. The summed E-state index contributed by atoms with van der Waals surface area (Å²) in [6.45, 7) is 4.16. The second-order valence-corrected chi connectivity index (χ2v) is 14.2. The minimum absolute atomic E-state index is 0.154. The van der Waals surface area contributed by atoms with E-state index in [1.54, 1.807) is 0 Å². The maximum atomic E-state index is 12.3. The van der Waals surface area contributed by atoms with Crippen molar-refractivity contribution in [2.45, 2.75) is 238 Å². The molecule has 0 aromatic heterocycles. The number of rotatable bonds is 37. The van der Waals surface area contributed by atoms with Crippen molar-refractivity contribution in [3.63, 3.8) is 0 Å². The van der Waals surface area contributed by atoms with Crippen molar-refractivity contribution in [2.75, 3.05) is 6.61 Å². The molecule has 0 rings (SSSR count). The molecule has 274 valence electrons. The van der Waals surface area contributed by atoms with Crippen LogP contribution < -0.4 is 5.32 Å². The summed E-state index contributed by atoms with van der Waals surface area (Å²) in [4.78, 5) is 12.3. The molecule has 1 amide bonds. The van der Waals surface area contributed by atoms with E-state index < -0.39 is 18.2 Å². The molecule has 0 aliphatic heterocycles. The zero-order valence-electron chi connectivity index (χ0n) is 31.0. The summed E-state index contributed by atoms with van der Waals surface area (Å²) in [5.41, 5.74) is 0. The van der Waals surface area contributed by atoms with Crippen molar-refractivity contribution in [3.05, 3.63) is 12.2 Å². The Bertz CT molecular complexity index is 640. The van der Waals surface area contributed by atoms with E-state index in [1.165, 1.54) is 154 Å². The van der Waals surface area contributed by atoms with Crippen LogP contribution in [0.25, 0.3) is 0 Å². The average molecular weight is 652 g/mol. The fourth-order valence-electron chi connectivity index (χ4n) is 6.40. The van der Waals surface area contributed by atoms with Gasteiger partial charge in [-0.05, 0) is 38.5 Å². The van der Waals surface area contributed by atoms with E-state index in [2.05, 4.69) is 31.3 Å². The third-order valence-electron chi connectivity index (χ3n) is 9.62. The first kappa shape index (κ1) is 45.1. The van der Waals surface area contributed by atoms with Crippen LogP contribution in [0, 0.1) is 0 Å². The Kier molecular flexibility index (Phi) is 36.2. The number of hydrogen-bond donors (Lipinski definition) is 4. The largest absolute Gasteiger partial charge is 0.394 e. The molecule has 0 aromatic carbocycles. The third-order valence-corrected chi connectivity index (χ3v) is 9.62. The number of unbranched alkanes of at least 4 members (excludes halogenated alkanes) is 27. The molecule has 5 nitrogen and oxygen atoms in total. The molecule has 0 aliphatic carbocycles. The molecule has 0 radical (unpaired) electrons.